The summed E-state index contributed by atoms with van der Waals surface area (Å²) < 4.78 is 5.36. The molecule has 1 N–H and O–H groups in total. The van der Waals surface area contributed by atoms with Gasteiger partial charge in [0.25, 0.3) is 0 Å². The van der Waals surface area contributed by atoms with Gasteiger partial charge in [0.1, 0.15) is 0 Å². The molecule has 0 aromatic carbocycles. The molecule has 0 heterocycles. The summed E-state index contributed by atoms with van der Waals surface area (Å²) in [6.07, 6.45) is 0.0134. The van der Waals surface area contributed by atoms with Crippen LogP contribution in [0.3, 0.4) is 0 Å². The van der Waals surface area contributed by atoms with Gasteiger partial charge in [-0.3, -0.25) is 0 Å². The number of rotatable bonds is 9. The van der Waals surface area contributed by atoms with Crippen LogP contribution in [-0.4, -0.2) is 23.9 Å². The van der Waals surface area contributed by atoms with Crippen molar-refractivity contribution in [2.75, 3.05) is 6.61 Å². The normalized spacial score (nSPS) is 17.5. The van der Waals surface area contributed by atoms with Crippen LogP contribution in [0.4, 0.5) is 0 Å². The SMILES string of the molecule is CC(C)COC(C)OOC(C)(CC(C)C)OO. The maximum absolute atomic E-state index is 8.82. The molecular formula is C12H26O5. The molecule has 0 aromatic heterocycles. The summed E-state index contributed by atoms with van der Waals surface area (Å²) in [6.45, 7) is 12.0. The smallest absolute Gasteiger partial charge is 0.231 e. The molecule has 0 amide bonds. The average molecular weight is 250 g/mol. The van der Waals surface area contributed by atoms with Crippen LogP contribution in [0.1, 0.15) is 48.0 Å². The fraction of sp³-hybridized carbons (Fsp3) is 1.00. The lowest BCUT2D eigenvalue weighted by atomic mass is 10.0. The molecule has 2 atom stereocenters. The third kappa shape index (κ3) is 8.51. The first-order valence-electron chi connectivity index (χ1n) is 6.07. The Morgan fingerprint density at radius 3 is 2.06 bits per heavy atom. The minimum Gasteiger partial charge on any atom is -0.350 e. The second kappa shape index (κ2) is 8.00. The first-order chi connectivity index (χ1) is 7.79. The summed E-state index contributed by atoms with van der Waals surface area (Å²) in [5.41, 5.74) is 0. The summed E-state index contributed by atoms with van der Waals surface area (Å²) in [6, 6.07) is 0. The third-order valence-electron chi connectivity index (χ3n) is 2.00. The first-order valence-corrected chi connectivity index (χ1v) is 6.07. The molecule has 0 aliphatic rings. The largest absolute Gasteiger partial charge is 0.350 e. The van der Waals surface area contributed by atoms with Gasteiger partial charge >= 0.3 is 0 Å². The number of hydrogen-bond acceptors (Lipinski definition) is 5. The van der Waals surface area contributed by atoms with Gasteiger partial charge in [0, 0.05) is 6.42 Å². The molecule has 0 spiro atoms. The Balaban J connectivity index is 3.96. The van der Waals surface area contributed by atoms with Crippen LogP contribution in [0.5, 0.6) is 0 Å². The van der Waals surface area contributed by atoms with Crippen LogP contribution in [0.2, 0.25) is 0 Å². The van der Waals surface area contributed by atoms with Crippen molar-refractivity contribution in [1.29, 1.82) is 0 Å². The molecule has 0 fully saturated rings. The minimum atomic E-state index is -1.16. The fourth-order valence-corrected chi connectivity index (χ4v) is 1.35. The van der Waals surface area contributed by atoms with Crippen LogP contribution >= 0.6 is 0 Å². The summed E-state index contributed by atoms with van der Waals surface area (Å²) in [5.74, 6) is -0.427. The van der Waals surface area contributed by atoms with Crippen molar-refractivity contribution in [3.63, 3.8) is 0 Å². The highest BCUT2D eigenvalue weighted by Crippen LogP contribution is 2.22. The van der Waals surface area contributed by atoms with E-state index >= 15 is 0 Å². The molecule has 2 unspecified atom stereocenters. The zero-order valence-electron chi connectivity index (χ0n) is 11.7. The van der Waals surface area contributed by atoms with Gasteiger partial charge in [-0.15, -0.1) is 0 Å². The summed E-state index contributed by atoms with van der Waals surface area (Å²) in [5, 5.41) is 8.82. The Morgan fingerprint density at radius 1 is 1.06 bits per heavy atom. The summed E-state index contributed by atoms with van der Waals surface area (Å²) >= 11 is 0. The fourth-order valence-electron chi connectivity index (χ4n) is 1.35. The van der Waals surface area contributed by atoms with Gasteiger partial charge in [0.2, 0.25) is 5.79 Å². The van der Waals surface area contributed by atoms with Gasteiger partial charge < -0.3 is 4.74 Å². The molecule has 0 saturated heterocycles. The first kappa shape index (κ1) is 16.8. The molecule has 0 aromatic rings. The van der Waals surface area contributed by atoms with E-state index in [1.807, 2.05) is 27.7 Å². The van der Waals surface area contributed by atoms with Gasteiger partial charge in [-0.1, -0.05) is 27.7 Å². The minimum absolute atomic E-state index is 0.308. The molecule has 0 aliphatic heterocycles. The van der Waals surface area contributed by atoms with E-state index in [0.29, 0.717) is 24.9 Å². The predicted octanol–water partition coefficient (Wildman–Crippen LogP) is 3.21. The van der Waals surface area contributed by atoms with Gasteiger partial charge in [0.05, 0.1) is 6.61 Å². The molecule has 0 aliphatic carbocycles. The van der Waals surface area contributed by atoms with E-state index in [1.54, 1.807) is 13.8 Å². The molecular weight excluding hydrogens is 224 g/mol. The molecule has 104 valence electrons. The third-order valence-corrected chi connectivity index (χ3v) is 2.00. The molecule has 5 nitrogen and oxygen atoms in total. The number of hydrogen-bond donors (Lipinski definition) is 1. The van der Waals surface area contributed by atoms with E-state index in [9.17, 15) is 0 Å². The molecule has 0 rings (SSSR count). The second-order valence-corrected chi connectivity index (χ2v) is 5.30. The van der Waals surface area contributed by atoms with Crippen LogP contribution < -0.4 is 0 Å². The van der Waals surface area contributed by atoms with Crippen molar-refractivity contribution < 1.29 is 24.7 Å². The summed E-state index contributed by atoms with van der Waals surface area (Å²) in [7, 11) is 0. The van der Waals surface area contributed by atoms with E-state index in [-0.39, 0.29) is 0 Å². The van der Waals surface area contributed by atoms with Crippen LogP contribution in [-0.2, 0) is 19.4 Å². The molecule has 0 saturated carbocycles. The monoisotopic (exact) mass is 250 g/mol. The Hall–Kier alpha value is -0.200. The van der Waals surface area contributed by atoms with Gasteiger partial charge in [-0.25, -0.2) is 15.0 Å². The van der Waals surface area contributed by atoms with E-state index in [0.717, 1.165) is 0 Å². The zero-order chi connectivity index (χ0) is 13.5. The van der Waals surface area contributed by atoms with E-state index < -0.39 is 12.1 Å². The van der Waals surface area contributed by atoms with E-state index in [4.69, 9.17) is 19.8 Å². The maximum Gasteiger partial charge on any atom is 0.231 e. The average Bonchev–Trinajstić information content (AvgIpc) is 2.22. The maximum atomic E-state index is 8.82. The summed E-state index contributed by atoms with van der Waals surface area (Å²) in [4.78, 5) is 14.5. The van der Waals surface area contributed by atoms with Gasteiger partial charge in [-0.05, 0) is 25.7 Å². The van der Waals surface area contributed by atoms with Crippen molar-refractivity contribution in [2.24, 2.45) is 11.8 Å². The predicted molar refractivity (Wildman–Crippen MR) is 64.0 cm³/mol. The Morgan fingerprint density at radius 2 is 1.65 bits per heavy atom. The molecule has 0 bridgehead atoms. The Bertz CT molecular complexity index is 195. The van der Waals surface area contributed by atoms with Crippen molar-refractivity contribution in [3.05, 3.63) is 0 Å². The Kier molecular flexibility index (Phi) is 7.91. The highest BCUT2D eigenvalue weighted by molar-refractivity contribution is 4.61. The highest BCUT2D eigenvalue weighted by atomic mass is 17.3. The van der Waals surface area contributed by atoms with E-state index in [2.05, 4.69) is 4.89 Å². The molecule has 5 heteroatoms. The lowest BCUT2D eigenvalue weighted by molar-refractivity contribution is -0.521. The lowest BCUT2D eigenvalue weighted by Crippen LogP contribution is -2.35. The quantitative estimate of drug-likeness (QED) is 0.387. The number of ether oxygens (including phenoxy) is 1. The van der Waals surface area contributed by atoms with E-state index in [1.165, 1.54) is 0 Å². The zero-order valence-corrected chi connectivity index (χ0v) is 11.7. The molecule has 0 radical (unpaired) electrons. The molecule has 17 heavy (non-hydrogen) atoms. The second-order valence-electron chi connectivity index (χ2n) is 5.30. The van der Waals surface area contributed by atoms with Gasteiger partial charge in [0.15, 0.2) is 6.29 Å². The van der Waals surface area contributed by atoms with Crippen molar-refractivity contribution >= 4 is 0 Å². The highest BCUT2D eigenvalue weighted by Gasteiger charge is 2.30. The Labute approximate surface area is 104 Å². The van der Waals surface area contributed by atoms with Crippen LogP contribution in [0.15, 0.2) is 0 Å². The van der Waals surface area contributed by atoms with Crippen LogP contribution in [0.25, 0.3) is 0 Å². The standard InChI is InChI=1S/C12H26O5/c1-9(2)7-12(6,16-13)17-15-11(5)14-8-10(3)4/h9-11,13H,7-8H2,1-6H3. The van der Waals surface area contributed by atoms with Crippen molar-refractivity contribution in [1.82, 2.24) is 0 Å². The van der Waals surface area contributed by atoms with Crippen molar-refractivity contribution in [3.8, 4) is 0 Å². The lowest BCUT2D eigenvalue weighted by Gasteiger charge is -2.27. The topological polar surface area (TPSA) is 57.2 Å². The van der Waals surface area contributed by atoms with Gasteiger partial charge in [-0.2, -0.15) is 4.89 Å². The van der Waals surface area contributed by atoms with Crippen LogP contribution in [0, 0.1) is 11.8 Å². The van der Waals surface area contributed by atoms with Crippen molar-refractivity contribution in [2.45, 2.75) is 60.0 Å².